The summed E-state index contributed by atoms with van der Waals surface area (Å²) in [5, 5.41) is 11.1. The summed E-state index contributed by atoms with van der Waals surface area (Å²) in [6.07, 6.45) is 10.9. The Hall–Kier alpha value is -7.69. The molecule has 0 spiro atoms. The van der Waals surface area contributed by atoms with E-state index in [-0.39, 0.29) is 17.5 Å². The third-order valence-corrected chi connectivity index (χ3v) is 15.6. The Morgan fingerprint density at radius 1 is 0.743 bits per heavy atom. The predicted molar refractivity (Wildman–Crippen MR) is 287 cm³/mol. The van der Waals surface area contributed by atoms with E-state index in [9.17, 15) is 13.6 Å². The van der Waals surface area contributed by atoms with Crippen LogP contribution in [0.4, 0.5) is 32.1 Å². The highest BCUT2D eigenvalue weighted by atomic mass is 32.1. The standard InChI is InChI=1S/C31H29FN4O3.C27H27FN4O2S/c1-3-28(37)36-14-11-19(12-15-36)22-9-10-26(30-25(22)13-16-39-30)34-31-33-18-20-5-4-6-24(29(20)35-31)23-8-7-21(32)17-27(23)38-2;1-15-24(20-4-3-17(28)13-22(20)33-2)25-23(35-15)14-30-27(32-25)31-21-6-5-18(16-7-10-29-11-8-16)19-9-12-34-26(19)21/h3-10,17-19H,1,11-16H2,2H3,(H,33,34,35);3-6,13-14,16,29H,7-12H2,1-2H3,(H,30,31,32). The number of methoxy groups -OCH3 is 2. The minimum absolute atomic E-state index is 0.00188. The highest BCUT2D eigenvalue weighted by Gasteiger charge is 2.30. The van der Waals surface area contributed by atoms with Gasteiger partial charge in [0.15, 0.2) is 0 Å². The van der Waals surface area contributed by atoms with Gasteiger partial charge in [0.2, 0.25) is 17.8 Å². The average molecular weight is 1020 g/mol. The van der Waals surface area contributed by atoms with Crippen LogP contribution in [0.15, 0.2) is 104 Å². The third-order valence-electron chi connectivity index (χ3n) is 14.6. The van der Waals surface area contributed by atoms with Crippen molar-refractivity contribution in [1.29, 1.82) is 0 Å². The molecule has 12 rings (SSSR count). The summed E-state index contributed by atoms with van der Waals surface area (Å²) in [4.78, 5) is 33.8. The molecule has 13 nitrogen and oxygen atoms in total. The summed E-state index contributed by atoms with van der Waals surface area (Å²) in [5.41, 5.74) is 11.8. The zero-order chi connectivity index (χ0) is 50.9. The van der Waals surface area contributed by atoms with Crippen molar-refractivity contribution in [3.8, 4) is 45.3 Å². The maximum atomic E-state index is 13.8. The van der Waals surface area contributed by atoms with E-state index in [1.165, 1.54) is 59.7 Å². The van der Waals surface area contributed by atoms with Crippen molar-refractivity contribution in [3.63, 3.8) is 0 Å². The molecule has 5 aromatic carbocycles. The van der Waals surface area contributed by atoms with Gasteiger partial charge < -0.3 is 39.8 Å². The van der Waals surface area contributed by atoms with Crippen LogP contribution in [-0.4, -0.2) is 84.4 Å². The molecule has 8 aromatic rings. The van der Waals surface area contributed by atoms with Gasteiger partial charge >= 0.3 is 0 Å². The Kier molecular flexibility index (Phi) is 13.8. The summed E-state index contributed by atoms with van der Waals surface area (Å²) in [5.74, 6) is 3.91. The summed E-state index contributed by atoms with van der Waals surface area (Å²) in [6.45, 7) is 10.6. The van der Waals surface area contributed by atoms with E-state index in [1.807, 2.05) is 42.3 Å². The molecular weight excluding hydrogens is 959 g/mol. The molecule has 0 radical (unpaired) electrons. The molecule has 4 aliphatic heterocycles. The fraction of sp³-hybridized carbons (Fsp3) is 0.293. The summed E-state index contributed by atoms with van der Waals surface area (Å²) >= 11 is 1.62. The number of benzene rings is 5. The van der Waals surface area contributed by atoms with Gasteiger partial charge in [0.05, 0.1) is 60.7 Å². The van der Waals surface area contributed by atoms with Crippen molar-refractivity contribution in [1.82, 2.24) is 30.2 Å². The first-order valence-corrected chi connectivity index (χ1v) is 25.9. The summed E-state index contributed by atoms with van der Waals surface area (Å²) < 4.78 is 51.7. The van der Waals surface area contributed by atoms with Gasteiger partial charge in [0.1, 0.15) is 34.6 Å². The normalized spacial score (nSPS) is 15.4. The van der Waals surface area contributed by atoms with E-state index in [0.29, 0.717) is 48.4 Å². The van der Waals surface area contributed by atoms with Gasteiger partial charge in [-0.1, -0.05) is 36.9 Å². The number of aromatic nitrogens is 4. The Labute approximate surface area is 432 Å². The van der Waals surface area contributed by atoms with Crippen molar-refractivity contribution in [2.24, 2.45) is 0 Å². The first kappa shape index (κ1) is 48.6. The topological polar surface area (TPSA) is 145 Å². The van der Waals surface area contributed by atoms with Crippen LogP contribution < -0.4 is 34.9 Å². The number of fused-ring (bicyclic) bond motifs is 4. The minimum atomic E-state index is -0.360. The number of rotatable bonds is 11. The van der Waals surface area contributed by atoms with Crippen LogP contribution in [0.2, 0.25) is 0 Å². The van der Waals surface area contributed by atoms with E-state index in [1.54, 1.807) is 36.8 Å². The van der Waals surface area contributed by atoms with Crippen LogP contribution in [0, 0.1) is 18.6 Å². The number of ether oxygens (including phenoxy) is 4. The van der Waals surface area contributed by atoms with Crippen LogP contribution in [-0.2, 0) is 17.6 Å². The number of anilines is 4. The zero-order valence-corrected chi connectivity index (χ0v) is 42.3. The average Bonchev–Trinajstić information content (AvgIpc) is 4.22. The summed E-state index contributed by atoms with van der Waals surface area (Å²) in [6, 6.07) is 23.5. The molecule has 0 saturated carbocycles. The number of amides is 1. The third kappa shape index (κ3) is 9.55. The molecule has 4 aliphatic rings. The van der Waals surface area contributed by atoms with Gasteiger partial charge in [0.25, 0.3) is 0 Å². The number of nitrogens with one attached hydrogen (secondary N) is 3. The number of piperidine rings is 2. The second-order valence-corrected chi connectivity index (χ2v) is 20.1. The second-order valence-electron chi connectivity index (χ2n) is 18.9. The Bertz CT molecular complexity index is 3450. The molecular formula is C58H56F2N8O5S. The lowest BCUT2D eigenvalue weighted by Gasteiger charge is -2.32. The van der Waals surface area contributed by atoms with Crippen molar-refractivity contribution in [3.05, 3.63) is 143 Å². The van der Waals surface area contributed by atoms with Gasteiger partial charge in [-0.05, 0) is 111 Å². The molecule has 2 saturated heterocycles. The quantitative estimate of drug-likeness (QED) is 0.106. The maximum absolute atomic E-state index is 13.8. The Balaban J connectivity index is 0.000000160. The van der Waals surface area contributed by atoms with Crippen molar-refractivity contribution in [2.45, 2.75) is 57.3 Å². The highest BCUT2D eigenvalue weighted by molar-refractivity contribution is 7.19. The molecule has 0 bridgehead atoms. The first-order chi connectivity index (χ1) is 36.2. The molecule has 7 heterocycles. The monoisotopic (exact) mass is 1010 g/mol. The van der Waals surface area contributed by atoms with Crippen LogP contribution >= 0.6 is 11.3 Å². The Morgan fingerprint density at radius 3 is 1.95 bits per heavy atom. The van der Waals surface area contributed by atoms with Gasteiger partial charge in [-0.25, -0.2) is 28.7 Å². The molecule has 3 N–H and O–H groups in total. The van der Waals surface area contributed by atoms with Gasteiger partial charge in [-0.3, -0.25) is 4.79 Å². The number of aryl methyl sites for hydroxylation is 1. The van der Waals surface area contributed by atoms with E-state index in [2.05, 4.69) is 50.7 Å². The lowest BCUT2D eigenvalue weighted by atomic mass is 9.85. The van der Waals surface area contributed by atoms with Crippen LogP contribution in [0.25, 0.3) is 43.4 Å². The number of halogens is 2. The smallest absolute Gasteiger partial charge is 0.245 e. The SMILES string of the molecule is C=CC(=O)N1CCC(c2ccc(Nc3ncc4cccc(-c5ccc(F)cc5OC)c4n3)c3c2CCO3)CC1.COc1cc(F)ccc1-c1c(C)sc2cnc(Nc3ccc(C4CCNCC4)c4c3OCC4)nc12. The number of likely N-dealkylation sites (tertiary alicyclic amines) is 1. The van der Waals surface area contributed by atoms with Crippen LogP contribution in [0.3, 0.4) is 0 Å². The largest absolute Gasteiger partial charge is 0.496 e. The maximum Gasteiger partial charge on any atom is 0.245 e. The fourth-order valence-corrected chi connectivity index (χ4v) is 12.0. The van der Waals surface area contributed by atoms with Crippen LogP contribution in [0.1, 0.15) is 64.7 Å². The molecule has 0 aliphatic carbocycles. The molecule has 16 heteroatoms. The number of carbonyl (C=O) groups excluding carboxylic acids is 1. The van der Waals surface area contributed by atoms with E-state index < -0.39 is 0 Å². The van der Waals surface area contributed by atoms with Crippen molar-refractivity contribution < 1.29 is 32.5 Å². The zero-order valence-electron chi connectivity index (χ0n) is 41.5. The molecule has 1 amide bonds. The molecule has 0 atom stereocenters. The summed E-state index contributed by atoms with van der Waals surface area (Å²) in [7, 11) is 3.08. The lowest BCUT2D eigenvalue weighted by Crippen LogP contribution is -2.36. The van der Waals surface area contributed by atoms with Gasteiger partial charge in [0, 0.05) is 87.9 Å². The van der Waals surface area contributed by atoms with Crippen molar-refractivity contribution in [2.75, 3.05) is 64.2 Å². The highest BCUT2D eigenvalue weighted by Crippen LogP contribution is 2.46. The minimum Gasteiger partial charge on any atom is -0.496 e. The molecule has 3 aromatic heterocycles. The second kappa shape index (κ2) is 21.0. The molecule has 0 unspecified atom stereocenters. The number of carbonyl (C=O) groups is 1. The lowest BCUT2D eigenvalue weighted by molar-refractivity contribution is -0.127. The Morgan fingerprint density at radius 2 is 1.32 bits per heavy atom. The fourth-order valence-electron chi connectivity index (χ4n) is 11.0. The van der Waals surface area contributed by atoms with Gasteiger partial charge in [-0.15, -0.1) is 11.3 Å². The number of hydrogen-bond donors (Lipinski definition) is 3. The number of hydrogen-bond acceptors (Lipinski definition) is 13. The first-order valence-electron chi connectivity index (χ1n) is 25.1. The predicted octanol–water partition coefficient (Wildman–Crippen LogP) is 12.0. The van der Waals surface area contributed by atoms with Crippen molar-refractivity contribution >= 4 is 61.6 Å². The van der Waals surface area contributed by atoms with Gasteiger partial charge in [-0.2, -0.15) is 0 Å². The molecule has 378 valence electrons. The molecule has 2 fully saturated rings. The number of para-hydroxylation sites is 1. The van der Waals surface area contributed by atoms with E-state index in [0.717, 1.165) is 136 Å². The van der Waals surface area contributed by atoms with E-state index in [4.69, 9.17) is 28.9 Å². The van der Waals surface area contributed by atoms with E-state index >= 15 is 0 Å². The molecule has 74 heavy (non-hydrogen) atoms. The number of nitrogens with zero attached hydrogens (tertiary/aromatic N) is 5. The number of thiophene rings is 1. The van der Waals surface area contributed by atoms with Crippen LogP contribution in [0.5, 0.6) is 23.0 Å².